The summed E-state index contributed by atoms with van der Waals surface area (Å²) in [4.78, 5) is 11.4. The summed E-state index contributed by atoms with van der Waals surface area (Å²) in [7, 11) is 0. The molecule has 1 aliphatic rings. The van der Waals surface area contributed by atoms with Gasteiger partial charge in [0.15, 0.2) is 0 Å². The normalized spacial score (nSPS) is 17.3. The first-order valence-electron chi connectivity index (χ1n) is 5.65. The van der Waals surface area contributed by atoms with Gasteiger partial charge in [-0.25, -0.2) is 4.79 Å². The predicted octanol–water partition coefficient (Wildman–Crippen LogP) is 1.93. The molecule has 17 heavy (non-hydrogen) atoms. The van der Waals surface area contributed by atoms with Gasteiger partial charge in [0, 0.05) is 0 Å². The topological polar surface area (TPSA) is 58.6 Å². The number of hydrogen-bond acceptors (Lipinski definition) is 3. The van der Waals surface area contributed by atoms with Crippen molar-refractivity contribution in [2.75, 3.05) is 13.2 Å². The van der Waals surface area contributed by atoms with Crippen LogP contribution in [0.5, 0.6) is 0 Å². The largest absolute Gasteiger partial charge is 0.445 e. The Morgan fingerprint density at radius 2 is 2.24 bits per heavy atom. The Hall–Kier alpha value is -1.55. The highest BCUT2D eigenvalue weighted by atomic mass is 16.5. The molecule has 0 atom stereocenters. The van der Waals surface area contributed by atoms with E-state index in [0.29, 0.717) is 5.57 Å². The van der Waals surface area contributed by atoms with Crippen molar-refractivity contribution < 1.29 is 14.6 Å². The summed E-state index contributed by atoms with van der Waals surface area (Å²) in [6.45, 7) is 5.79. The van der Waals surface area contributed by atoms with Crippen molar-refractivity contribution in [1.82, 2.24) is 5.32 Å². The van der Waals surface area contributed by atoms with Gasteiger partial charge >= 0.3 is 6.09 Å². The van der Waals surface area contributed by atoms with E-state index in [-0.39, 0.29) is 13.2 Å². The summed E-state index contributed by atoms with van der Waals surface area (Å²) in [6.07, 6.45) is 8.50. The molecule has 0 spiro atoms. The number of aliphatic hydroxyl groups is 1. The van der Waals surface area contributed by atoms with E-state index in [1.165, 1.54) is 0 Å². The molecule has 2 N–H and O–H groups in total. The Labute approximate surface area is 102 Å². The molecule has 94 valence electrons. The van der Waals surface area contributed by atoms with Crippen molar-refractivity contribution in [3.63, 3.8) is 0 Å². The number of carbonyl (C=O) groups is 1. The van der Waals surface area contributed by atoms with E-state index in [0.717, 1.165) is 12.8 Å². The number of alkyl carbamates (subject to hydrolysis) is 1. The maximum atomic E-state index is 11.4. The lowest BCUT2D eigenvalue weighted by atomic mass is 10.3. The van der Waals surface area contributed by atoms with Crippen molar-refractivity contribution in [3.8, 4) is 0 Å². The first kappa shape index (κ1) is 13.5. The van der Waals surface area contributed by atoms with Crippen LogP contribution in [0, 0.1) is 0 Å². The molecule has 1 aliphatic carbocycles. The average molecular weight is 237 g/mol. The molecule has 1 rings (SSSR count). The molecule has 0 heterocycles. The molecule has 0 saturated heterocycles. The average Bonchev–Trinajstić information content (AvgIpc) is 3.07. The van der Waals surface area contributed by atoms with Gasteiger partial charge in [0.1, 0.15) is 6.61 Å². The van der Waals surface area contributed by atoms with E-state index < -0.39 is 11.6 Å². The fourth-order valence-corrected chi connectivity index (χ4v) is 1.24. The highest BCUT2D eigenvalue weighted by Gasteiger charge is 2.43. The summed E-state index contributed by atoms with van der Waals surface area (Å²) in [6, 6.07) is 0. The third kappa shape index (κ3) is 4.87. The molecule has 1 amide bonds. The summed E-state index contributed by atoms with van der Waals surface area (Å²) in [5, 5.41) is 11.7. The first-order chi connectivity index (χ1) is 8.12. The zero-order valence-corrected chi connectivity index (χ0v) is 10.1. The van der Waals surface area contributed by atoms with Gasteiger partial charge in [0.05, 0.1) is 12.1 Å². The molecule has 4 nitrogen and oxygen atoms in total. The Morgan fingerprint density at radius 3 is 2.76 bits per heavy atom. The van der Waals surface area contributed by atoms with Gasteiger partial charge in [-0.1, -0.05) is 30.9 Å². The molecule has 4 heteroatoms. The Kier molecular flexibility index (Phi) is 4.97. The summed E-state index contributed by atoms with van der Waals surface area (Å²) >= 11 is 0. The van der Waals surface area contributed by atoms with Crippen LogP contribution < -0.4 is 5.32 Å². The van der Waals surface area contributed by atoms with Crippen molar-refractivity contribution in [3.05, 3.63) is 36.5 Å². The number of amides is 1. The van der Waals surface area contributed by atoms with Crippen LogP contribution in [-0.4, -0.2) is 30.0 Å². The molecule has 0 aromatic rings. The molecule has 0 bridgehead atoms. The molecule has 1 fully saturated rings. The standard InChI is InChI=1S/C13H19NO3/c1-3-4-5-6-11(2)9-17-12(16)14-13(10-15)7-8-13/h3-6,15H,2,7-10H2,1H3,(H,14,16)/b4-3-,6-5-. The van der Waals surface area contributed by atoms with E-state index in [1.54, 1.807) is 6.08 Å². The molecular formula is C13H19NO3. The molecule has 0 aromatic carbocycles. The highest BCUT2D eigenvalue weighted by molar-refractivity contribution is 5.69. The number of carbonyl (C=O) groups excluding carboxylic acids is 1. The van der Waals surface area contributed by atoms with Gasteiger partial charge in [0.2, 0.25) is 0 Å². The lowest BCUT2D eigenvalue weighted by molar-refractivity contribution is 0.141. The fraction of sp³-hybridized carbons (Fsp3) is 0.462. The van der Waals surface area contributed by atoms with Crippen molar-refractivity contribution in [2.45, 2.75) is 25.3 Å². The van der Waals surface area contributed by atoms with Gasteiger partial charge in [-0.15, -0.1) is 0 Å². The SMILES string of the molecule is C=C(/C=C\C=C/C)COC(=O)NC1(CO)CC1. The monoisotopic (exact) mass is 237 g/mol. The van der Waals surface area contributed by atoms with E-state index in [2.05, 4.69) is 11.9 Å². The van der Waals surface area contributed by atoms with Crippen LogP contribution in [0.4, 0.5) is 4.79 Å². The van der Waals surface area contributed by atoms with Gasteiger partial charge in [-0.05, 0) is 25.3 Å². The predicted molar refractivity (Wildman–Crippen MR) is 66.6 cm³/mol. The second-order valence-corrected chi connectivity index (χ2v) is 4.18. The first-order valence-corrected chi connectivity index (χ1v) is 5.65. The van der Waals surface area contributed by atoms with Crippen molar-refractivity contribution in [1.29, 1.82) is 0 Å². The molecule has 0 unspecified atom stereocenters. The van der Waals surface area contributed by atoms with Gasteiger partial charge in [0.25, 0.3) is 0 Å². The van der Waals surface area contributed by atoms with E-state index in [4.69, 9.17) is 9.84 Å². The second kappa shape index (κ2) is 6.25. The Balaban J connectivity index is 2.21. The summed E-state index contributed by atoms with van der Waals surface area (Å²) in [5.41, 5.74) is 0.284. The number of rotatable bonds is 6. The van der Waals surface area contributed by atoms with Gasteiger partial charge in [-0.2, -0.15) is 0 Å². The minimum Gasteiger partial charge on any atom is -0.445 e. The number of aliphatic hydroxyl groups excluding tert-OH is 1. The molecular weight excluding hydrogens is 218 g/mol. The zero-order valence-electron chi connectivity index (χ0n) is 10.1. The van der Waals surface area contributed by atoms with Gasteiger partial charge < -0.3 is 15.2 Å². The van der Waals surface area contributed by atoms with Gasteiger partial charge in [-0.3, -0.25) is 0 Å². The molecule has 0 aliphatic heterocycles. The second-order valence-electron chi connectivity index (χ2n) is 4.18. The third-order valence-electron chi connectivity index (χ3n) is 2.55. The van der Waals surface area contributed by atoms with E-state index in [9.17, 15) is 4.79 Å². The summed E-state index contributed by atoms with van der Waals surface area (Å²) in [5.74, 6) is 0. The van der Waals surface area contributed by atoms with Crippen LogP contribution in [-0.2, 0) is 4.74 Å². The van der Waals surface area contributed by atoms with Crippen LogP contribution in [0.2, 0.25) is 0 Å². The maximum Gasteiger partial charge on any atom is 0.407 e. The number of hydrogen-bond donors (Lipinski definition) is 2. The minimum absolute atomic E-state index is 0.0375. The number of ether oxygens (including phenoxy) is 1. The Morgan fingerprint density at radius 1 is 1.53 bits per heavy atom. The smallest absolute Gasteiger partial charge is 0.407 e. The van der Waals surface area contributed by atoms with Crippen LogP contribution in [0.25, 0.3) is 0 Å². The van der Waals surface area contributed by atoms with Crippen LogP contribution in [0.15, 0.2) is 36.5 Å². The fourth-order valence-electron chi connectivity index (χ4n) is 1.24. The van der Waals surface area contributed by atoms with Crippen molar-refractivity contribution >= 4 is 6.09 Å². The van der Waals surface area contributed by atoms with Crippen LogP contribution >= 0.6 is 0 Å². The molecule has 0 aromatic heterocycles. The maximum absolute atomic E-state index is 11.4. The summed E-state index contributed by atoms with van der Waals surface area (Å²) < 4.78 is 4.98. The van der Waals surface area contributed by atoms with Crippen molar-refractivity contribution in [2.24, 2.45) is 0 Å². The highest BCUT2D eigenvalue weighted by Crippen LogP contribution is 2.34. The quantitative estimate of drug-likeness (QED) is 0.694. The molecule has 1 saturated carbocycles. The van der Waals surface area contributed by atoms with E-state index >= 15 is 0 Å². The Bertz CT molecular complexity index is 341. The number of allylic oxidation sites excluding steroid dienone is 3. The van der Waals surface area contributed by atoms with Crippen LogP contribution in [0.3, 0.4) is 0 Å². The lowest BCUT2D eigenvalue weighted by Gasteiger charge is -2.14. The van der Waals surface area contributed by atoms with E-state index in [1.807, 2.05) is 25.2 Å². The number of nitrogens with one attached hydrogen (secondary N) is 1. The third-order valence-corrected chi connectivity index (χ3v) is 2.55. The molecule has 0 radical (unpaired) electrons. The minimum atomic E-state index is -0.503. The van der Waals surface area contributed by atoms with Crippen LogP contribution in [0.1, 0.15) is 19.8 Å². The zero-order chi connectivity index (χ0) is 12.7. The lowest BCUT2D eigenvalue weighted by Crippen LogP contribution is -2.40.